The first kappa shape index (κ1) is 32.6. The second kappa shape index (κ2) is 10.4. The van der Waals surface area contributed by atoms with Crippen molar-refractivity contribution in [2.24, 2.45) is 22.1 Å². The Hall–Kier alpha value is -3.40. The molecule has 1 heterocycles. The maximum atomic E-state index is 14.7. The zero-order chi connectivity index (χ0) is 30.2. The van der Waals surface area contributed by atoms with Gasteiger partial charge in [0.05, 0.1) is 5.41 Å². The molecule has 1 aliphatic rings. The predicted octanol–water partition coefficient (Wildman–Crippen LogP) is 4.34. The summed E-state index contributed by atoms with van der Waals surface area (Å²) in [4.78, 5) is 38.7. The Morgan fingerprint density at radius 1 is 1.03 bits per heavy atom. The van der Waals surface area contributed by atoms with Crippen LogP contribution in [0.25, 0.3) is 0 Å². The molecular formula is C21H21F10N3O4. The number of hydrogen-bond acceptors (Lipinski definition) is 5. The summed E-state index contributed by atoms with van der Waals surface area (Å²) in [5.74, 6) is -10.8. The van der Waals surface area contributed by atoms with E-state index in [1.54, 1.807) is 0 Å². The van der Waals surface area contributed by atoms with Crippen LogP contribution in [0.15, 0.2) is 23.2 Å². The third-order valence-electron chi connectivity index (χ3n) is 5.89. The van der Waals surface area contributed by atoms with Crippen LogP contribution < -0.4 is 5.73 Å². The third kappa shape index (κ3) is 6.72. The first-order valence-corrected chi connectivity index (χ1v) is 10.2. The molecule has 0 radical (unpaired) electrons. The van der Waals surface area contributed by atoms with Crippen LogP contribution in [0.3, 0.4) is 0 Å². The molecule has 0 spiro atoms. The van der Waals surface area contributed by atoms with Crippen molar-refractivity contribution in [1.82, 2.24) is 4.90 Å². The summed E-state index contributed by atoms with van der Waals surface area (Å²) >= 11 is 0. The molecule has 0 bridgehead atoms. The summed E-state index contributed by atoms with van der Waals surface area (Å²) in [6, 6.07) is 2.64. The van der Waals surface area contributed by atoms with Gasteiger partial charge in [0, 0.05) is 19.0 Å². The molecule has 0 aromatic heterocycles. The van der Waals surface area contributed by atoms with Gasteiger partial charge in [-0.2, -0.15) is 39.5 Å². The Labute approximate surface area is 208 Å². The second-order valence-corrected chi connectivity index (χ2v) is 8.81. The molecule has 1 atom stereocenters. The van der Waals surface area contributed by atoms with E-state index in [0.29, 0.717) is 0 Å². The number of ketones is 1. The van der Waals surface area contributed by atoms with Crippen LogP contribution >= 0.6 is 0 Å². The van der Waals surface area contributed by atoms with Crippen molar-refractivity contribution in [1.29, 1.82) is 0 Å². The topological polar surface area (TPSA) is 113 Å². The monoisotopic (exact) mass is 569 g/mol. The molecule has 3 N–H and O–H groups in total. The number of guanidine groups is 1. The molecule has 7 nitrogen and oxygen atoms in total. The number of aliphatic carboxylic acids is 1. The van der Waals surface area contributed by atoms with Gasteiger partial charge < -0.3 is 10.8 Å². The highest BCUT2D eigenvalue weighted by Gasteiger charge is 2.60. The third-order valence-corrected chi connectivity index (χ3v) is 5.89. The van der Waals surface area contributed by atoms with Crippen molar-refractivity contribution in [3.63, 3.8) is 0 Å². The number of carboxylic acids is 1. The summed E-state index contributed by atoms with van der Waals surface area (Å²) in [5, 5.41) is 7.12. The molecule has 0 saturated carbocycles. The lowest BCUT2D eigenvalue weighted by Crippen LogP contribution is -2.58. The lowest BCUT2D eigenvalue weighted by atomic mass is 9.67. The highest BCUT2D eigenvalue weighted by atomic mass is 19.4. The summed E-state index contributed by atoms with van der Waals surface area (Å²) in [6.07, 6.45) is -18.0. The van der Waals surface area contributed by atoms with Crippen LogP contribution in [0.4, 0.5) is 43.9 Å². The van der Waals surface area contributed by atoms with Gasteiger partial charge in [0.15, 0.2) is 11.7 Å². The highest BCUT2D eigenvalue weighted by molar-refractivity contribution is 6.01. The summed E-state index contributed by atoms with van der Waals surface area (Å²) in [7, 11) is 1.35. The Balaban J connectivity index is 0.000000905. The number of amides is 1. The molecule has 1 aromatic rings. The normalized spacial score (nSPS) is 20.0. The number of nitrogens with zero attached hydrogens (tertiary/aromatic N) is 2. The second-order valence-electron chi connectivity index (χ2n) is 8.81. The minimum atomic E-state index is -5.83. The van der Waals surface area contributed by atoms with Crippen LogP contribution in [0, 0.1) is 17.2 Å². The van der Waals surface area contributed by atoms with Gasteiger partial charge in [-0.15, -0.1) is 0 Å². The van der Waals surface area contributed by atoms with Gasteiger partial charge in [0.25, 0.3) is 0 Å². The van der Waals surface area contributed by atoms with Crippen molar-refractivity contribution in [3.8, 4) is 0 Å². The number of nitrogens with two attached hydrogens (primary N) is 1. The van der Waals surface area contributed by atoms with Gasteiger partial charge in [-0.25, -0.2) is 14.2 Å². The average molecular weight is 569 g/mol. The van der Waals surface area contributed by atoms with Crippen LogP contribution in [-0.2, 0) is 26.3 Å². The van der Waals surface area contributed by atoms with Gasteiger partial charge in [-0.1, -0.05) is 6.07 Å². The van der Waals surface area contributed by atoms with E-state index in [1.165, 1.54) is 27.8 Å². The van der Waals surface area contributed by atoms with E-state index in [0.717, 1.165) is 23.1 Å². The van der Waals surface area contributed by atoms with Crippen molar-refractivity contribution in [3.05, 3.63) is 35.1 Å². The zero-order valence-electron chi connectivity index (χ0n) is 19.9. The lowest BCUT2D eigenvalue weighted by molar-refractivity contribution is -0.273. The molecule has 2 rings (SSSR count). The van der Waals surface area contributed by atoms with E-state index >= 15 is 0 Å². The molecule has 0 unspecified atom stereocenters. The molecule has 0 fully saturated rings. The first-order valence-electron chi connectivity index (χ1n) is 10.2. The molecule has 1 aromatic carbocycles. The molecule has 38 heavy (non-hydrogen) atoms. The Kier molecular flexibility index (Phi) is 8.93. The number of aliphatic imine (C=N–C) groups is 1. The minimum Gasteiger partial charge on any atom is -0.475 e. The molecule has 0 aliphatic carbocycles. The largest absolute Gasteiger partial charge is 0.490 e. The maximum Gasteiger partial charge on any atom is 0.490 e. The number of halogens is 10. The van der Waals surface area contributed by atoms with Crippen LogP contribution in [0.5, 0.6) is 0 Å². The smallest absolute Gasteiger partial charge is 0.475 e. The number of Topliss-reactive ketones (excluding diaryl/α,β-unsaturated/α-hetero) is 1. The average Bonchev–Trinajstić information content (AvgIpc) is 2.70. The Morgan fingerprint density at radius 3 is 1.87 bits per heavy atom. The summed E-state index contributed by atoms with van der Waals surface area (Å²) < 4.78 is 123. The van der Waals surface area contributed by atoms with Gasteiger partial charge in [-0.05, 0) is 38.5 Å². The predicted molar refractivity (Wildman–Crippen MR) is 110 cm³/mol. The number of carbonyl (C=O) groups is 3. The Morgan fingerprint density at radius 2 is 1.47 bits per heavy atom. The number of carboxylic acid groups (broad SMARTS) is 1. The molecular weight excluding hydrogens is 548 g/mol. The van der Waals surface area contributed by atoms with E-state index in [2.05, 4.69) is 4.99 Å². The van der Waals surface area contributed by atoms with E-state index in [9.17, 15) is 53.5 Å². The number of rotatable bonds is 4. The summed E-state index contributed by atoms with van der Waals surface area (Å²) in [6.45, 7) is 4.26. The fourth-order valence-corrected chi connectivity index (χ4v) is 3.48. The number of hydrogen-bond donors (Lipinski definition) is 2. The fraction of sp³-hybridized carbons (Fsp3) is 0.524. The van der Waals surface area contributed by atoms with E-state index in [1.807, 2.05) is 0 Å². The summed E-state index contributed by atoms with van der Waals surface area (Å²) in [5.41, 5.74) is 2.13. The number of carbonyl (C=O) groups excluding carboxylic acids is 2. The van der Waals surface area contributed by atoms with Crippen molar-refractivity contribution >= 4 is 23.6 Å². The minimum absolute atomic E-state index is 0.248. The van der Waals surface area contributed by atoms with Crippen molar-refractivity contribution < 1.29 is 63.4 Å². The molecule has 1 amide bonds. The van der Waals surface area contributed by atoms with Gasteiger partial charge >= 0.3 is 24.5 Å². The highest BCUT2D eigenvalue weighted by Crippen LogP contribution is 2.47. The fourth-order valence-electron chi connectivity index (χ4n) is 3.48. The molecule has 1 aliphatic heterocycles. The molecule has 17 heteroatoms. The number of benzene rings is 1. The zero-order valence-corrected chi connectivity index (χ0v) is 19.9. The van der Waals surface area contributed by atoms with E-state index in [-0.39, 0.29) is 17.1 Å². The van der Waals surface area contributed by atoms with Crippen LogP contribution in [-0.4, -0.2) is 59.2 Å². The SMILES string of the molecule is CN1C(=O)C(C)(C)[C@@](C)(c2cc(CC(=O)C(C(F)(F)F)C(F)(F)F)ccc2F)N=C1N.O=C(O)C(F)(F)F. The first-order chi connectivity index (χ1) is 16.8. The molecule has 214 valence electrons. The number of alkyl halides is 9. The van der Waals surface area contributed by atoms with Crippen LogP contribution in [0.2, 0.25) is 0 Å². The standard InChI is InChI=1S/C19H20F7N3O2.C2HF3O2/c1-16(2)14(31)29(4)15(27)28-17(16,3)10-7-9(5-6-11(10)20)8-12(30)13(18(21,22)23)19(24,25)26;3-2(4,5)1(6)7/h5-7,13H,8H2,1-4H3,(H2,27,28);(H,6,7)/t17-;/m1./s1. The van der Waals surface area contributed by atoms with Gasteiger partial charge in [0.1, 0.15) is 11.4 Å². The van der Waals surface area contributed by atoms with Gasteiger partial charge in [-0.3, -0.25) is 14.5 Å². The maximum absolute atomic E-state index is 14.7. The van der Waals surface area contributed by atoms with E-state index in [4.69, 9.17) is 15.6 Å². The van der Waals surface area contributed by atoms with Gasteiger partial charge in [0.2, 0.25) is 11.8 Å². The quantitative estimate of drug-likeness (QED) is 0.524. The Bertz CT molecular complexity index is 1110. The van der Waals surface area contributed by atoms with Crippen molar-refractivity contribution in [2.75, 3.05) is 7.05 Å². The van der Waals surface area contributed by atoms with Crippen molar-refractivity contribution in [2.45, 2.75) is 51.3 Å². The van der Waals surface area contributed by atoms with Crippen LogP contribution in [0.1, 0.15) is 31.9 Å². The van der Waals surface area contributed by atoms with E-state index < -0.39 is 65.3 Å². The lowest BCUT2D eigenvalue weighted by Gasteiger charge is -2.46. The molecule has 0 saturated heterocycles.